The van der Waals surface area contributed by atoms with Gasteiger partial charge in [-0.3, -0.25) is 4.90 Å². The SMILES string of the molecule is Cc1cc2c(cc1C)C1CC3C(CCCN3C(=O)N(C)C)CN1CC2. The quantitative estimate of drug-likeness (QED) is 0.723. The third kappa shape index (κ3) is 2.84. The summed E-state index contributed by atoms with van der Waals surface area (Å²) in [4.78, 5) is 19.3. The van der Waals surface area contributed by atoms with Crippen LogP contribution in [0, 0.1) is 19.8 Å². The molecule has 0 N–H and O–H groups in total. The van der Waals surface area contributed by atoms with Gasteiger partial charge in [-0.1, -0.05) is 12.1 Å². The Labute approximate surface area is 151 Å². The van der Waals surface area contributed by atoms with Gasteiger partial charge in [0.05, 0.1) is 0 Å². The Kier molecular flexibility index (Phi) is 4.27. The predicted molar refractivity (Wildman–Crippen MR) is 101 cm³/mol. The zero-order chi connectivity index (χ0) is 17.7. The number of rotatable bonds is 0. The van der Waals surface area contributed by atoms with Crippen LogP contribution in [0.5, 0.6) is 0 Å². The molecule has 4 rings (SSSR count). The minimum absolute atomic E-state index is 0.194. The summed E-state index contributed by atoms with van der Waals surface area (Å²) in [7, 11) is 3.76. The van der Waals surface area contributed by atoms with Gasteiger partial charge in [-0.2, -0.15) is 0 Å². The van der Waals surface area contributed by atoms with E-state index < -0.39 is 0 Å². The molecule has 4 heteroatoms. The Morgan fingerprint density at radius 1 is 1.16 bits per heavy atom. The number of amides is 2. The standard InChI is InChI=1S/C21H31N3O/c1-14-10-16-7-9-23-13-17-6-5-8-24(21(25)22(3)4)19(17)12-20(23)18(16)11-15(14)2/h10-11,17,19-20H,5-9,12-13H2,1-4H3. The van der Waals surface area contributed by atoms with Crippen LogP contribution in [0.4, 0.5) is 4.79 Å². The van der Waals surface area contributed by atoms with Crippen LogP contribution < -0.4 is 0 Å². The van der Waals surface area contributed by atoms with Crippen molar-refractivity contribution in [1.29, 1.82) is 0 Å². The van der Waals surface area contributed by atoms with E-state index in [0.29, 0.717) is 18.0 Å². The minimum atomic E-state index is 0.194. The molecule has 0 bridgehead atoms. The van der Waals surface area contributed by atoms with Gasteiger partial charge in [0, 0.05) is 45.8 Å². The monoisotopic (exact) mass is 341 g/mol. The highest BCUT2D eigenvalue weighted by Crippen LogP contribution is 2.43. The minimum Gasteiger partial charge on any atom is -0.331 e. The zero-order valence-electron chi connectivity index (χ0n) is 16.1. The van der Waals surface area contributed by atoms with Crippen molar-refractivity contribution in [3.05, 3.63) is 34.4 Å². The number of fused-ring (bicyclic) bond motifs is 4. The lowest BCUT2D eigenvalue weighted by Crippen LogP contribution is -2.59. The number of likely N-dealkylation sites (tertiary alicyclic amines) is 1. The summed E-state index contributed by atoms with van der Waals surface area (Å²) in [5, 5.41) is 0. The summed E-state index contributed by atoms with van der Waals surface area (Å²) in [6.45, 7) is 7.69. The van der Waals surface area contributed by atoms with E-state index in [0.717, 1.165) is 25.9 Å². The molecule has 3 unspecified atom stereocenters. The number of benzene rings is 1. The summed E-state index contributed by atoms with van der Waals surface area (Å²) in [5.74, 6) is 0.641. The molecule has 3 aliphatic heterocycles. The first kappa shape index (κ1) is 16.9. The molecule has 0 radical (unpaired) electrons. The second-order valence-electron chi connectivity index (χ2n) is 8.47. The fraction of sp³-hybridized carbons (Fsp3) is 0.667. The van der Waals surface area contributed by atoms with Gasteiger partial charge in [0.2, 0.25) is 0 Å². The molecule has 2 amide bonds. The van der Waals surface area contributed by atoms with Gasteiger partial charge < -0.3 is 9.80 Å². The maximum atomic E-state index is 12.7. The number of carbonyl (C=O) groups is 1. The van der Waals surface area contributed by atoms with E-state index in [1.54, 1.807) is 4.90 Å². The van der Waals surface area contributed by atoms with Crippen molar-refractivity contribution in [3.8, 4) is 0 Å². The second-order valence-corrected chi connectivity index (χ2v) is 8.47. The Morgan fingerprint density at radius 3 is 2.68 bits per heavy atom. The summed E-state index contributed by atoms with van der Waals surface area (Å²) in [5.41, 5.74) is 5.86. The lowest BCUT2D eigenvalue weighted by atomic mass is 9.76. The van der Waals surface area contributed by atoms with Crippen LogP contribution in [0.25, 0.3) is 0 Å². The molecular weight excluding hydrogens is 310 g/mol. The number of nitrogens with zero attached hydrogens (tertiary/aromatic N) is 3. The zero-order valence-corrected chi connectivity index (χ0v) is 16.1. The van der Waals surface area contributed by atoms with Crippen molar-refractivity contribution in [2.45, 2.75) is 51.6 Å². The number of urea groups is 1. The molecule has 3 atom stereocenters. The first-order chi connectivity index (χ1) is 12.0. The maximum Gasteiger partial charge on any atom is 0.319 e. The normalized spacial score (nSPS) is 28.8. The van der Waals surface area contributed by atoms with Crippen LogP contribution in [-0.4, -0.2) is 60.5 Å². The highest BCUT2D eigenvalue weighted by molar-refractivity contribution is 5.74. The number of piperidine rings is 2. The maximum absolute atomic E-state index is 12.7. The van der Waals surface area contributed by atoms with E-state index in [4.69, 9.17) is 0 Å². The third-order valence-electron chi connectivity index (χ3n) is 6.70. The predicted octanol–water partition coefficient (Wildman–Crippen LogP) is 3.37. The van der Waals surface area contributed by atoms with E-state index in [2.05, 4.69) is 35.8 Å². The lowest BCUT2D eigenvalue weighted by molar-refractivity contribution is 0.00108. The molecule has 0 saturated carbocycles. The van der Waals surface area contributed by atoms with Gasteiger partial charge in [0.15, 0.2) is 0 Å². The van der Waals surface area contributed by atoms with Crippen LogP contribution in [0.1, 0.15) is 47.6 Å². The second kappa shape index (κ2) is 6.31. The highest BCUT2D eigenvalue weighted by Gasteiger charge is 2.44. The van der Waals surface area contributed by atoms with Crippen LogP contribution in [-0.2, 0) is 6.42 Å². The van der Waals surface area contributed by atoms with Crippen LogP contribution in [0.2, 0.25) is 0 Å². The number of hydrogen-bond donors (Lipinski definition) is 0. The molecule has 3 aliphatic rings. The van der Waals surface area contributed by atoms with Crippen molar-refractivity contribution in [1.82, 2.24) is 14.7 Å². The number of carbonyl (C=O) groups excluding carboxylic acids is 1. The van der Waals surface area contributed by atoms with Gasteiger partial charge in [0.1, 0.15) is 0 Å². The molecule has 0 aromatic heterocycles. The van der Waals surface area contributed by atoms with Crippen LogP contribution in [0.3, 0.4) is 0 Å². The molecule has 136 valence electrons. The summed E-state index contributed by atoms with van der Waals surface area (Å²) in [6.07, 6.45) is 4.68. The average Bonchev–Trinajstić information content (AvgIpc) is 2.60. The molecule has 2 saturated heterocycles. The molecule has 2 fully saturated rings. The smallest absolute Gasteiger partial charge is 0.319 e. The highest BCUT2D eigenvalue weighted by atomic mass is 16.2. The van der Waals surface area contributed by atoms with Crippen molar-refractivity contribution >= 4 is 6.03 Å². The molecule has 25 heavy (non-hydrogen) atoms. The third-order valence-corrected chi connectivity index (χ3v) is 6.70. The van der Waals surface area contributed by atoms with E-state index in [-0.39, 0.29) is 6.03 Å². The van der Waals surface area contributed by atoms with Crippen molar-refractivity contribution in [2.24, 2.45) is 5.92 Å². The summed E-state index contributed by atoms with van der Waals surface area (Å²) in [6, 6.07) is 5.90. The molecule has 0 spiro atoms. The van der Waals surface area contributed by atoms with Gasteiger partial charge in [-0.05, 0) is 67.7 Å². The first-order valence-electron chi connectivity index (χ1n) is 9.77. The fourth-order valence-electron chi connectivity index (χ4n) is 5.23. The van der Waals surface area contributed by atoms with Crippen molar-refractivity contribution in [2.75, 3.05) is 33.7 Å². The summed E-state index contributed by atoms with van der Waals surface area (Å²) < 4.78 is 0. The Bertz CT molecular complexity index is 684. The van der Waals surface area contributed by atoms with Gasteiger partial charge in [-0.25, -0.2) is 4.79 Å². The number of aryl methyl sites for hydroxylation is 2. The molecule has 3 heterocycles. The van der Waals surface area contributed by atoms with Crippen LogP contribution >= 0.6 is 0 Å². The topological polar surface area (TPSA) is 26.8 Å². The molecular formula is C21H31N3O. The van der Waals surface area contributed by atoms with Crippen molar-refractivity contribution < 1.29 is 4.79 Å². The van der Waals surface area contributed by atoms with Gasteiger partial charge in [0.25, 0.3) is 0 Å². The Morgan fingerprint density at radius 2 is 1.92 bits per heavy atom. The Balaban J connectivity index is 1.65. The van der Waals surface area contributed by atoms with Crippen LogP contribution in [0.15, 0.2) is 12.1 Å². The Hall–Kier alpha value is -1.55. The molecule has 1 aromatic rings. The average molecular weight is 341 g/mol. The molecule has 1 aromatic carbocycles. The lowest BCUT2D eigenvalue weighted by Gasteiger charge is -2.52. The van der Waals surface area contributed by atoms with E-state index in [1.807, 2.05) is 14.1 Å². The fourth-order valence-corrected chi connectivity index (χ4v) is 5.23. The number of hydrogen-bond acceptors (Lipinski definition) is 2. The van der Waals surface area contributed by atoms with Gasteiger partial charge >= 0.3 is 6.03 Å². The summed E-state index contributed by atoms with van der Waals surface area (Å²) >= 11 is 0. The largest absolute Gasteiger partial charge is 0.331 e. The first-order valence-corrected chi connectivity index (χ1v) is 9.77. The van der Waals surface area contributed by atoms with Crippen molar-refractivity contribution in [3.63, 3.8) is 0 Å². The van der Waals surface area contributed by atoms with Gasteiger partial charge in [-0.15, -0.1) is 0 Å². The molecule has 4 nitrogen and oxygen atoms in total. The molecule has 0 aliphatic carbocycles. The van der Waals surface area contributed by atoms with E-state index in [1.165, 1.54) is 41.6 Å². The van der Waals surface area contributed by atoms with E-state index in [9.17, 15) is 4.79 Å². The van der Waals surface area contributed by atoms with E-state index >= 15 is 0 Å².